The van der Waals surface area contributed by atoms with Crippen LogP contribution in [-0.2, 0) is 10.8 Å². The van der Waals surface area contributed by atoms with Crippen molar-refractivity contribution in [1.82, 2.24) is 0 Å². The predicted octanol–water partition coefficient (Wildman–Crippen LogP) is 7.21. The van der Waals surface area contributed by atoms with Crippen molar-refractivity contribution in [2.45, 2.75) is 52.4 Å². The Hall–Kier alpha value is -2.28. The Kier molecular flexibility index (Phi) is 4.36. The second-order valence-electron chi connectivity index (χ2n) is 8.82. The topological polar surface area (TPSA) is 13.1 Å². The largest absolute Gasteiger partial charge is 0.456 e. The van der Waals surface area contributed by atoms with Crippen molar-refractivity contribution < 1.29 is 4.42 Å². The molecular formula is C24H28O. The smallest absolute Gasteiger partial charge is 0.134 e. The van der Waals surface area contributed by atoms with E-state index in [1.807, 2.05) is 0 Å². The maximum absolute atomic E-state index is 6.11. The molecule has 3 aromatic rings. The third-order valence-electron chi connectivity index (χ3n) is 4.68. The first-order valence-corrected chi connectivity index (χ1v) is 8.96. The molecule has 0 amide bonds. The first kappa shape index (κ1) is 17.5. The highest BCUT2D eigenvalue weighted by Gasteiger charge is 2.15. The molecular weight excluding hydrogens is 304 g/mol. The second-order valence-corrected chi connectivity index (χ2v) is 8.82. The minimum absolute atomic E-state index is 0.168. The Bertz CT molecular complexity index is 763. The molecule has 0 atom stereocenters. The van der Waals surface area contributed by atoms with Crippen LogP contribution < -0.4 is 0 Å². The maximum atomic E-state index is 6.11. The summed E-state index contributed by atoms with van der Waals surface area (Å²) in [5, 5.41) is 0. The summed E-state index contributed by atoms with van der Waals surface area (Å²) in [6.07, 6.45) is 0. The van der Waals surface area contributed by atoms with E-state index in [4.69, 9.17) is 4.42 Å². The average Bonchev–Trinajstić information content (AvgIpc) is 3.03. The van der Waals surface area contributed by atoms with Crippen LogP contribution in [0.4, 0.5) is 0 Å². The van der Waals surface area contributed by atoms with Gasteiger partial charge in [-0.3, -0.25) is 0 Å². The van der Waals surface area contributed by atoms with Crippen LogP contribution >= 0.6 is 0 Å². The Morgan fingerprint density at radius 2 is 0.800 bits per heavy atom. The lowest BCUT2D eigenvalue weighted by atomic mass is 9.86. The Labute approximate surface area is 151 Å². The molecule has 25 heavy (non-hydrogen) atoms. The molecule has 0 fully saturated rings. The van der Waals surface area contributed by atoms with Gasteiger partial charge in [-0.25, -0.2) is 0 Å². The molecule has 0 unspecified atom stereocenters. The van der Waals surface area contributed by atoms with Gasteiger partial charge in [0.25, 0.3) is 0 Å². The van der Waals surface area contributed by atoms with E-state index in [9.17, 15) is 0 Å². The highest BCUT2D eigenvalue weighted by molar-refractivity contribution is 5.65. The third-order valence-corrected chi connectivity index (χ3v) is 4.68. The van der Waals surface area contributed by atoms with E-state index < -0.39 is 0 Å². The molecule has 0 aliphatic heterocycles. The van der Waals surface area contributed by atoms with Crippen LogP contribution in [0.2, 0.25) is 0 Å². The average molecular weight is 332 g/mol. The maximum Gasteiger partial charge on any atom is 0.134 e. The van der Waals surface area contributed by atoms with Gasteiger partial charge in [0.05, 0.1) is 0 Å². The highest BCUT2D eigenvalue weighted by atomic mass is 16.3. The highest BCUT2D eigenvalue weighted by Crippen LogP contribution is 2.31. The van der Waals surface area contributed by atoms with Crippen molar-refractivity contribution in [2.24, 2.45) is 0 Å². The van der Waals surface area contributed by atoms with Gasteiger partial charge >= 0.3 is 0 Å². The normalized spacial score (nSPS) is 12.4. The molecule has 0 aliphatic rings. The van der Waals surface area contributed by atoms with E-state index in [1.165, 1.54) is 11.1 Å². The molecule has 0 radical (unpaired) electrons. The first-order valence-electron chi connectivity index (χ1n) is 8.96. The SMILES string of the molecule is CC(C)(C)c1ccc(-c2ccc(-c3ccc(C(C)(C)C)cc3)o2)cc1. The van der Waals surface area contributed by atoms with Crippen LogP contribution in [-0.4, -0.2) is 0 Å². The van der Waals surface area contributed by atoms with Gasteiger partial charge in [-0.1, -0.05) is 90.1 Å². The van der Waals surface area contributed by atoms with Crippen LogP contribution in [0.1, 0.15) is 52.7 Å². The second kappa shape index (κ2) is 6.22. The fraction of sp³-hybridized carbons (Fsp3) is 0.333. The van der Waals surface area contributed by atoms with E-state index in [0.29, 0.717) is 0 Å². The van der Waals surface area contributed by atoms with Crippen LogP contribution in [0.15, 0.2) is 65.1 Å². The van der Waals surface area contributed by atoms with Crippen molar-refractivity contribution in [1.29, 1.82) is 0 Å². The van der Waals surface area contributed by atoms with Crippen molar-refractivity contribution in [3.05, 3.63) is 71.8 Å². The van der Waals surface area contributed by atoms with Crippen molar-refractivity contribution >= 4 is 0 Å². The summed E-state index contributed by atoms with van der Waals surface area (Å²) in [6, 6.07) is 21.4. The molecule has 0 bridgehead atoms. The molecule has 1 aromatic heterocycles. The van der Waals surface area contributed by atoms with Gasteiger partial charge in [-0.2, -0.15) is 0 Å². The summed E-state index contributed by atoms with van der Waals surface area (Å²) < 4.78 is 6.11. The van der Waals surface area contributed by atoms with Gasteiger partial charge in [0, 0.05) is 11.1 Å². The molecule has 0 aliphatic carbocycles. The van der Waals surface area contributed by atoms with Gasteiger partial charge in [0.1, 0.15) is 11.5 Å². The number of hydrogen-bond donors (Lipinski definition) is 0. The zero-order valence-corrected chi connectivity index (χ0v) is 16.2. The van der Waals surface area contributed by atoms with Crippen LogP contribution in [0, 0.1) is 0 Å². The van der Waals surface area contributed by atoms with Gasteiger partial charge in [0.2, 0.25) is 0 Å². The van der Waals surface area contributed by atoms with E-state index in [2.05, 4.69) is 102 Å². The Morgan fingerprint density at radius 1 is 0.480 bits per heavy atom. The van der Waals surface area contributed by atoms with Crippen molar-refractivity contribution in [3.63, 3.8) is 0 Å². The quantitative estimate of drug-likeness (QED) is 0.483. The van der Waals surface area contributed by atoms with E-state index >= 15 is 0 Å². The standard InChI is InChI=1S/C24H28O/c1-23(2,3)19-11-7-17(8-12-19)21-15-16-22(25-21)18-9-13-20(14-10-18)24(4,5)6/h7-16H,1-6H3. The van der Waals surface area contributed by atoms with E-state index in [-0.39, 0.29) is 10.8 Å². The third kappa shape index (κ3) is 3.87. The number of benzene rings is 2. The molecule has 0 N–H and O–H groups in total. The Balaban J connectivity index is 1.85. The molecule has 2 aromatic carbocycles. The van der Waals surface area contributed by atoms with Gasteiger partial charge < -0.3 is 4.42 Å². The summed E-state index contributed by atoms with van der Waals surface area (Å²) in [6.45, 7) is 13.4. The molecule has 1 nitrogen and oxygen atoms in total. The number of hydrogen-bond acceptors (Lipinski definition) is 1. The van der Waals surface area contributed by atoms with Crippen molar-refractivity contribution in [3.8, 4) is 22.6 Å². The fourth-order valence-electron chi connectivity index (χ4n) is 2.92. The lowest BCUT2D eigenvalue weighted by Crippen LogP contribution is -2.10. The molecule has 0 spiro atoms. The van der Waals surface area contributed by atoms with E-state index in [1.54, 1.807) is 0 Å². The van der Waals surface area contributed by atoms with Gasteiger partial charge in [-0.15, -0.1) is 0 Å². The lowest BCUT2D eigenvalue weighted by Gasteiger charge is -2.19. The molecule has 1 heteroatoms. The zero-order valence-electron chi connectivity index (χ0n) is 16.2. The Morgan fingerprint density at radius 3 is 1.08 bits per heavy atom. The fourth-order valence-corrected chi connectivity index (χ4v) is 2.92. The van der Waals surface area contributed by atoms with Crippen LogP contribution in [0.5, 0.6) is 0 Å². The summed E-state index contributed by atoms with van der Waals surface area (Å²) in [4.78, 5) is 0. The van der Waals surface area contributed by atoms with Gasteiger partial charge in [-0.05, 0) is 34.1 Å². The number of rotatable bonds is 2. The van der Waals surface area contributed by atoms with E-state index in [0.717, 1.165) is 22.6 Å². The summed E-state index contributed by atoms with van der Waals surface area (Å²) >= 11 is 0. The molecule has 130 valence electrons. The molecule has 3 rings (SSSR count). The van der Waals surface area contributed by atoms with Crippen molar-refractivity contribution in [2.75, 3.05) is 0 Å². The first-order chi connectivity index (χ1) is 11.6. The predicted molar refractivity (Wildman–Crippen MR) is 107 cm³/mol. The summed E-state index contributed by atoms with van der Waals surface area (Å²) in [5.41, 5.74) is 5.24. The van der Waals surface area contributed by atoms with Crippen LogP contribution in [0.3, 0.4) is 0 Å². The summed E-state index contributed by atoms with van der Waals surface area (Å²) in [7, 11) is 0. The lowest BCUT2D eigenvalue weighted by molar-refractivity contribution is 0.586. The summed E-state index contributed by atoms with van der Waals surface area (Å²) in [5.74, 6) is 1.82. The monoisotopic (exact) mass is 332 g/mol. The van der Waals surface area contributed by atoms with Crippen LogP contribution in [0.25, 0.3) is 22.6 Å². The molecule has 1 heterocycles. The minimum atomic E-state index is 0.168. The molecule has 0 saturated heterocycles. The zero-order chi connectivity index (χ0) is 18.2. The minimum Gasteiger partial charge on any atom is -0.456 e. The molecule has 0 saturated carbocycles. The number of furan rings is 1. The van der Waals surface area contributed by atoms with Gasteiger partial charge in [0.15, 0.2) is 0 Å².